The van der Waals surface area contributed by atoms with E-state index in [9.17, 15) is 0 Å². The van der Waals surface area contributed by atoms with Gasteiger partial charge in [0.1, 0.15) is 5.76 Å². The summed E-state index contributed by atoms with van der Waals surface area (Å²) in [6, 6.07) is 6.52. The van der Waals surface area contributed by atoms with E-state index in [0.29, 0.717) is 6.04 Å². The second-order valence-corrected chi connectivity index (χ2v) is 4.32. The first-order valence-corrected chi connectivity index (χ1v) is 6.53. The molecule has 0 aliphatic heterocycles. The van der Waals surface area contributed by atoms with Gasteiger partial charge in [-0.15, -0.1) is 0 Å². The fourth-order valence-electron chi connectivity index (χ4n) is 2.24. The Balaban J connectivity index is 2.18. The van der Waals surface area contributed by atoms with Gasteiger partial charge < -0.3 is 9.73 Å². The molecule has 0 bridgehead atoms. The molecular formula is C15H20N2O. The second kappa shape index (κ2) is 6.36. The fourth-order valence-corrected chi connectivity index (χ4v) is 2.24. The Morgan fingerprint density at radius 2 is 2.00 bits per heavy atom. The van der Waals surface area contributed by atoms with Crippen molar-refractivity contribution < 1.29 is 4.42 Å². The largest absolute Gasteiger partial charge is 0.469 e. The Bertz CT molecular complexity index is 464. The third-order valence-corrected chi connectivity index (χ3v) is 3.12. The van der Waals surface area contributed by atoms with Crippen LogP contribution in [0, 0.1) is 0 Å². The molecule has 1 unspecified atom stereocenters. The van der Waals surface area contributed by atoms with Crippen molar-refractivity contribution in [3.63, 3.8) is 0 Å². The van der Waals surface area contributed by atoms with Gasteiger partial charge >= 0.3 is 0 Å². The SMILES string of the molecule is CCNC(Cc1ccncc1)c1ccoc1CC. The first-order valence-electron chi connectivity index (χ1n) is 6.53. The second-order valence-electron chi connectivity index (χ2n) is 4.32. The summed E-state index contributed by atoms with van der Waals surface area (Å²) in [5.74, 6) is 1.08. The quantitative estimate of drug-likeness (QED) is 0.848. The zero-order valence-corrected chi connectivity index (χ0v) is 11.0. The lowest BCUT2D eigenvalue weighted by Crippen LogP contribution is -2.23. The topological polar surface area (TPSA) is 38.1 Å². The lowest BCUT2D eigenvalue weighted by molar-refractivity contribution is 0.487. The number of hydrogen-bond donors (Lipinski definition) is 1. The predicted octanol–water partition coefficient (Wildman–Crippen LogP) is 3.13. The summed E-state index contributed by atoms with van der Waals surface area (Å²) < 4.78 is 5.53. The highest BCUT2D eigenvalue weighted by Crippen LogP contribution is 2.23. The van der Waals surface area contributed by atoms with E-state index in [1.165, 1.54) is 11.1 Å². The maximum absolute atomic E-state index is 5.53. The van der Waals surface area contributed by atoms with Crippen LogP contribution in [-0.4, -0.2) is 11.5 Å². The minimum Gasteiger partial charge on any atom is -0.469 e. The molecule has 1 N–H and O–H groups in total. The molecule has 96 valence electrons. The molecule has 0 spiro atoms. The molecule has 1 atom stereocenters. The van der Waals surface area contributed by atoms with Gasteiger partial charge in [-0.1, -0.05) is 13.8 Å². The Morgan fingerprint density at radius 3 is 2.67 bits per heavy atom. The molecule has 2 aromatic rings. The van der Waals surface area contributed by atoms with Crippen LogP contribution in [0.15, 0.2) is 41.3 Å². The molecule has 2 heterocycles. The fraction of sp³-hybridized carbons (Fsp3) is 0.400. The lowest BCUT2D eigenvalue weighted by Gasteiger charge is -2.18. The smallest absolute Gasteiger partial charge is 0.108 e. The van der Waals surface area contributed by atoms with E-state index in [1.54, 1.807) is 6.26 Å². The summed E-state index contributed by atoms with van der Waals surface area (Å²) in [7, 11) is 0. The van der Waals surface area contributed by atoms with Crippen molar-refractivity contribution in [2.45, 2.75) is 32.7 Å². The molecule has 2 aromatic heterocycles. The van der Waals surface area contributed by atoms with Crippen LogP contribution in [0.2, 0.25) is 0 Å². The van der Waals surface area contributed by atoms with Crippen LogP contribution >= 0.6 is 0 Å². The highest BCUT2D eigenvalue weighted by atomic mass is 16.3. The van der Waals surface area contributed by atoms with Crippen molar-refractivity contribution in [3.05, 3.63) is 53.7 Å². The van der Waals surface area contributed by atoms with Crippen LogP contribution < -0.4 is 5.32 Å². The Morgan fingerprint density at radius 1 is 1.22 bits per heavy atom. The molecule has 3 heteroatoms. The van der Waals surface area contributed by atoms with Crippen molar-refractivity contribution in [1.29, 1.82) is 0 Å². The normalized spacial score (nSPS) is 12.6. The molecule has 0 amide bonds. The third-order valence-electron chi connectivity index (χ3n) is 3.12. The molecule has 0 aromatic carbocycles. The minimum absolute atomic E-state index is 0.311. The maximum Gasteiger partial charge on any atom is 0.108 e. The first kappa shape index (κ1) is 12.8. The Hall–Kier alpha value is -1.61. The number of aromatic nitrogens is 1. The van der Waals surface area contributed by atoms with Gasteiger partial charge in [-0.05, 0) is 36.7 Å². The molecular weight excluding hydrogens is 224 g/mol. The highest BCUT2D eigenvalue weighted by molar-refractivity contribution is 5.24. The zero-order valence-electron chi connectivity index (χ0n) is 11.0. The number of rotatable bonds is 6. The maximum atomic E-state index is 5.53. The van der Waals surface area contributed by atoms with Crippen LogP contribution in [0.5, 0.6) is 0 Å². The number of furan rings is 1. The van der Waals surface area contributed by atoms with Gasteiger partial charge in [-0.2, -0.15) is 0 Å². The number of aryl methyl sites for hydroxylation is 1. The van der Waals surface area contributed by atoms with Gasteiger partial charge in [0.2, 0.25) is 0 Å². The van der Waals surface area contributed by atoms with Gasteiger partial charge in [-0.3, -0.25) is 4.98 Å². The molecule has 18 heavy (non-hydrogen) atoms. The Kier molecular flexibility index (Phi) is 4.53. The van der Waals surface area contributed by atoms with Crippen LogP contribution in [0.4, 0.5) is 0 Å². The number of likely N-dealkylation sites (N-methyl/N-ethyl adjacent to an activating group) is 1. The molecule has 0 saturated carbocycles. The summed E-state index contributed by atoms with van der Waals surface area (Å²) in [5.41, 5.74) is 2.57. The summed E-state index contributed by atoms with van der Waals surface area (Å²) in [5, 5.41) is 3.53. The molecule has 2 rings (SSSR count). The van der Waals surface area contributed by atoms with Gasteiger partial charge in [0, 0.05) is 30.4 Å². The highest BCUT2D eigenvalue weighted by Gasteiger charge is 2.16. The van der Waals surface area contributed by atoms with E-state index < -0.39 is 0 Å². The Labute approximate surface area is 108 Å². The van der Waals surface area contributed by atoms with E-state index in [-0.39, 0.29) is 0 Å². The summed E-state index contributed by atoms with van der Waals surface area (Å²) in [4.78, 5) is 4.06. The first-order chi connectivity index (χ1) is 8.85. The molecule has 0 aliphatic rings. The molecule has 0 aliphatic carbocycles. The summed E-state index contributed by atoms with van der Waals surface area (Å²) >= 11 is 0. The molecule has 3 nitrogen and oxygen atoms in total. The average Bonchev–Trinajstić information content (AvgIpc) is 2.87. The van der Waals surface area contributed by atoms with Crippen molar-refractivity contribution in [2.24, 2.45) is 0 Å². The molecule has 0 fully saturated rings. The van der Waals surface area contributed by atoms with Crippen molar-refractivity contribution in [1.82, 2.24) is 10.3 Å². The minimum atomic E-state index is 0.311. The third kappa shape index (κ3) is 2.99. The number of nitrogens with zero attached hydrogens (tertiary/aromatic N) is 1. The number of pyridine rings is 1. The van der Waals surface area contributed by atoms with Crippen LogP contribution in [-0.2, 0) is 12.8 Å². The van der Waals surface area contributed by atoms with E-state index in [2.05, 4.69) is 42.3 Å². The van der Waals surface area contributed by atoms with Gasteiger partial charge in [0.05, 0.1) is 6.26 Å². The predicted molar refractivity (Wildman–Crippen MR) is 72.4 cm³/mol. The lowest BCUT2D eigenvalue weighted by atomic mass is 9.99. The average molecular weight is 244 g/mol. The summed E-state index contributed by atoms with van der Waals surface area (Å²) in [6.45, 7) is 5.20. The van der Waals surface area contributed by atoms with Crippen molar-refractivity contribution >= 4 is 0 Å². The van der Waals surface area contributed by atoms with Crippen LogP contribution in [0.3, 0.4) is 0 Å². The number of hydrogen-bond acceptors (Lipinski definition) is 3. The monoisotopic (exact) mass is 244 g/mol. The van der Waals surface area contributed by atoms with Gasteiger partial charge in [0.15, 0.2) is 0 Å². The van der Waals surface area contributed by atoms with Gasteiger partial charge in [-0.25, -0.2) is 0 Å². The van der Waals surface area contributed by atoms with Crippen molar-refractivity contribution in [3.8, 4) is 0 Å². The zero-order chi connectivity index (χ0) is 12.8. The van der Waals surface area contributed by atoms with E-state index in [0.717, 1.165) is 25.1 Å². The van der Waals surface area contributed by atoms with Crippen molar-refractivity contribution in [2.75, 3.05) is 6.54 Å². The summed E-state index contributed by atoms with van der Waals surface area (Å²) in [6.07, 6.45) is 7.36. The van der Waals surface area contributed by atoms with E-state index in [1.807, 2.05) is 12.4 Å². The van der Waals surface area contributed by atoms with Crippen LogP contribution in [0.1, 0.15) is 36.8 Å². The number of nitrogens with one attached hydrogen (secondary N) is 1. The van der Waals surface area contributed by atoms with E-state index >= 15 is 0 Å². The standard InChI is InChI=1S/C15H20N2O/c1-3-15-13(7-10-18-15)14(17-4-2)11-12-5-8-16-9-6-12/h5-10,14,17H,3-4,11H2,1-2H3. The van der Waals surface area contributed by atoms with Crippen LogP contribution in [0.25, 0.3) is 0 Å². The van der Waals surface area contributed by atoms with E-state index in [4.69, 9.17) is 4.42 Å². The molecule has 0 radical (unpaired) electrons. The molecule has 0 saturated heterocycles. The van der Waals surface area contributed by atoms with Gasteiger partial charge in [0.25, 0.3) is 0 Å².